The molecule has 0 spiro atoms. The molecule has 102 valence electrons. The zero-order chi connectivity index (χ0) is 13.2. The van der Waals surface area contributed by atoms with Gasteiger partial charge in [-0.3, -0.25) is 0 Å². The van der Waals surface area contributed by atoms with Gasteiger partial charge in [0.05, 0.1) is 13.3 Å². The van der Waals surface area contributed by atoms with Crippen molar-refractivity contribution in [2.45, 2.75) is 19.8 Å². The van der Waals surface area contributed by atoms with Gasteiger partial charge in [0.15, 0.2) is 0 Å². The summed E-state index contributed by atoms with van der Waals surface area (Å²) in [5.74, 6) is 2.77. The van der Waals surface area contributed by atoms with E-state index in [4.69, 9.17) is 4.74 Å². The third-order valence-corrected chi connectivity index (χ3v) is 4.12. The van der Waals surface area contributed by atoms with E-state index in [1.54, 1.807) is 7.11 Å². The van der Waals surface area contributed by atoms with Gasteiger partial charge in [0.1, 0.15) is 17.1 Å². The van der Waals surface area contributed by atoms with Gasteiger partial charge in [0, 0.05) is 19.2 Å². The highest BCUT2D eigenvalue weighted by atomic mass is 16.5. The van der Waals surface area contributed by atoms with E-state index >= 15 is 0 Å². The topological polar surface area (TPSA) is 29.8 Å². The molecule has 1 aliphatic rings. The van der Waals surface area contributed by atoms with Crippen molar-refractivity contribution in [2.24, 2.45) is 5.92 Å². The second-order valence-electron chi connectivity index (χ2n) is 5.26. The minimum absolute atomic E-state index is 0.733. The molecule has 0 saturated carbocycles. The molecular weight excluding hydrogens is 238 g/mol. The molecule has 3 heterocycles. The Morgan fingerprint density at radius 2 is 2.37 bits per heavy atom. The number of methoxy groups -OCH3 is 1. The molecule has 0 radical (unpaired) electrons. The predicted molar refractivity (Wildman–Crippen MR) is 75.7 cm³/mol. The van der Waals surface area contributed by atoms with Crippen molar-refractivity contribution >= 4 is 5.52 Å². The Morgan fingerprint density at radius 1 is 1.47 bits per heavy atom. The van der Waals surface area contributed by atoms with Crippen LogP contribution >= 0.6 is 0 Å². The standard InChI is InChI=1S/C15H21N3O/c1-3-17-8-6-12(11-17)9-15-16-10-13-14(19-2)5-4-7-18(13)15/h4-5,7,10,12H,3,6,8-9,11H2,1-2H3. The molecule has 4 heteroatoms. The summed E-state index contributed by atoms with van der Waals surface area (Å²) in [5, 5.41) is 0. The number of hydrogen-bond donors (Lipinski definition) is 0. The molecule has 4 nitrogen and oxygen atoms in total. The Hall–Kier alpha value is -1.55. The first kappa shape index (κ1) is 12.5. The van der Waals surface area contributed by atoms with Gasteiger partial charge in [0.25, 0.3) is 0 Å². The maximum Gasteiger partial charge on any atom is 0.144 e. The first-order chi connectivity index (χ1) is 9.31. The summed E-state index contributed by atoms with van der Waals surface area (Å²) in [7, 11) is 1.71. The summed E-state index contributed by atoms with van der Waals surface area (Å²) in [4.78, 5) is 7.10. The van der Waals surface area contributed by atoms with Crippen LogP contribution in [0.15, 0.2) is 24.5 Å². The van der Waals surface area contributed by atoms with Gasteiger partial charge in [-0.05, 0) is 37.6 Å². The van der Waals surface area contributed by atoms with Gasteiger partial charge in [-0.2, -0.15) is 0 Å². The molecule has 0 amide bonds. The van der Waals surface area contributed by atoms with Gasteiger partial charge in [-0.15, -0.1) is 0 Å². The third-order valence-electron chi connectivity index (χ3n) is 4.12. The fourth-order valence-corrected chi connectivity index (χ4v) is 3.00. The second kappa shape index (κ2) is 5.21. The van der Waals surface area contributed by atoms with Crippen LogP contribution in [0.25, 0.3) is 5.52 Å². The highest BCUT2D eigenvalue weighted by Gasteiger charge is 2.23. The van der Waals surface area contributed by atoms with E-state index in [9.17, 15) is 0 Å². The fraction of sp³-hybridized carbons (Fsp3) is 0.533. The van der Waals surface area contributed by atoms with Crippen molar-refractivity contribution in [1.29, 1.82) is 0 Å². The number of aromatic nitrogens is 2. The Balaban J connectivity index is 1.82. The van der Waals surface area contributed by atoms with E-state index in [1.165, 1.54) is 19.5 Å². The lowest BCUT2D eigenvalue weighted by atomic mass is 10.0. The van der Waals surface area contributed by atoms with E-state index < -0.39 is 0 Å². The summed E-state index contributed by atoms with van der Waals surface area (Å²) < 4.78 is 7.54. The normalized spacial score (nSPS) is 20.2. The van der Waals surface area contributed by atoms with Crippen molar-refractivity contribution < 1.29 is 4.74 Å². The molecule has 1 aliphatic heterocycles. The van der Waals surface area contributed by atoms with Crippen molar-refractivity contribution in [3.05, 3.63) is 30.4 Å². The number of nitrogens with zero attached hydrogens (tertiary/aromatic N) is 3. The molecule has 3 rings (SSSR count). The SMILES string of the molecule is CCN1CCC(Cc2ncc3c(OC)cccn23)C1. The van der Waals surface area contributed by atoms with Gasteiger partial charge >= 0.3 is 0 Å². The summed E-state index contributed by atoms with van der Waals surface area (Å²) >= 11 is 0. The molecule has 2 aromatic heterocycles. The van der Waals surface area contributed by atoms with Crippen LogP contribution in [0.3, 0.4) is 0 Å². The predicted octanol–water partition coefficient (Wildman–Crippen LogP) is 2.23. The van der Waals surface area contributed by atoms with Crippen LogP contribution in [0, 0.1) is 5.92 Å². The number of ether oxygens (including phenoxy) is 1. The van der Waals surface area contributed by atoms with Crippen LogP contribution in [0.5, 0.6) is 5.75 Å². The van der Waals surface area contributed by atoms with E-state index in [0.717, 1.165) is 36.0 Å². The largest absolute Gasteiger partial charge is 0.494 e. The van der Waals surface area contributed by atoms with Gasteiger partial charge in [-0.1, -0.05) is 6.92 Å². The molecule has 0 bridgehead atoms. The number of hydrogen-bond acceptors (Lipinski definition) is 3. The molecule has 1 saturated heterocycles. The lowest BCUT2D eigenvalue weighted by Crippen LogP contribution is -2.20. The van der Waals surface area contributed by atoms with Crippen molar-refractivity contribution in [1.82, 2.24) is 14.3 Å². The summed E-state index contributed by atoms with van der Waals surface area (Å²) in [6.07, 6.45) is 6.33. The first-order valence-electron chi connectivity index (χ1n) is 7.03. The highest BCUT2D eigenvalue weighted by molar-refractivity contribution is 5.59. The third kappa shape index (κ3) is 2.32. The lowest BCUT2D eigenvalue weighted by Gasteiger charge is -2.12. The summed E-state index contributed by atoms with van der Waals surface area (Å²) in [5.41, 5.74) is 1.06. The van der Waals surface area contributed by atoms with Gasteiger partial charge in [-0.25, -0.2) is 4.98 Å². The molecule has 0 N–H and O–H groups in total. The maximum absolute atomic E-state index is 5.38. The van der Waals surface area contributed by atoms with Crippen LogP contribution in [0.2, 0.25) is 0 Å². The minimum Gasteiger partial charge on any atom is -0.494 e. The van der Waals surface area contributed by atoms with Crippen molar-refractivity contribution in [3.8, 4) is 5.75 Å². The van der Waals surface area contributed by atoms with E-state index in [-0.39, 0.29) is 0 Å². The van der Waals surface area contributed by atoms with Crippen LogP contribution in [0.4, 0.5) is 0 Å². The quantitative estimate of drug-likeness (QED) is 0.843. The number of rotatable bonds is 4. The fourth-order valence-electron chi connectivity index (χ4n) is 3.00. The zero-order valence-corrected chi connectivity index (χ0v) is 11.7. The van der Waals surface area contributed by atoms with Gasteiger partial charge in [0.2, 0.25) is 0 Å². The summed E-state index contributed by atoms with van der Waals surface area (Å²) in [6, 6.07) is 4.00. The van der Waals surface area contributed by atoms with Gasteiger partial charge < -0.3 is 14.0 Å². The Kier molecular flexibility index (Phi) is 3.42. The zero-order valence-electron chi connectivity index (χ0n) is 11.7. The molecule has 1 unspecified atom stereocenters. The van der Waals surface area contributed by atoms with Crippen LogP contribution in [-0.2, 0) is 6.42 Å². The highest BCUT2D eigenvalue weighted by Crippen LogP contribution is 2.24. The molecule has 0 aromatic carbocycles. The number of imidazole rings is 1. The second-order valence-corrected chi connectivity index (χ2v) is 5.26. The van der Waals surface area contributed by atoms with Crippen LogP contribution in [0.1, 0.15) is 19.2 Å². The minimum atomic E-state index is 0.733. The molecular formula is C15H21N3O. The Labute approximate surface area is 114 Å². The maximum atomic E-state index is 5.38. The molecule has 2 aromatic rings. The van der Waals surface area contributed by atoms with Crippen LogP contribution in [-0.4, -0.2) is 41.0 Å². The number of pyridine rings is 1. The average molecular weight is 259 g/mol. The van der Waals surface area contributed by atoms with Crippen LogP contribution < -0.4 is 4.74 Å². The summed E-state index contributed by atoms with van der Waals surface area (Å²) in [6.45, 7) is 5.83. The number of likely N-dealkylation sites (tertiary alicyclic amines) is 1. The van der Waals surface area contributed by atoms with E-state index in [0.29, 0.717) is 0 Å². The van der Waals surface area contributed by atoms with Crippen molar-refractivity contribution in [2.75, 3.05) is 26.7 Å². The Morgan fingerprint density at radius 3 is 3.11 bits per heavy atom. The smallest absolute Gasteiger partial charge is 0.144 e. The Bertz CT molecular complexity index is 564. The molecule has 1 fully saturated rings. The monoisotopic (exact) mass is 259 g/mol. The molecule has 1 atom stereocenters. The number of fused-ring (bicyclic) bond motifs is 1. The first-order valence-corrected chi connectivity index (χ1v) is 7.03. The molecule has 0 aliphatic carbocycles. The van der Waals surface area contributed by atoms with E-state index in [2.05, 4.69) is 27.4 Å². The average Bonchev–Trinajstić information content (AvgIpc) is 3.06. The molecule has 19 heavy (non-hydrogen) atoms. The van der Waals surface area contributed by atoms with Crippen molar-refractivity contribution in [3.63, 3.8) is 0 Å². The lowest BCUT2D eigenvalue weighted by molar-refractivity contribution is 0.341. The van der Waals surface area contributed by atoms with E-state index in [1.807, 2.05) is 18.3 Å².